The molecule has 58 valence electrons. The Balaban J connectivity index is 2.88. The van der Waals surface area contributed by atoms with Gasteiger partial charge >= 0.3 is 10.7 Å². The summed E-state index contributed by atoms with van der Waals surface area (Å²) in [5.41, 5.74) is 0. The Labute approximate surface area is 72.1 Å². The van der Waals surface area contributed by atoms with Crippen LogP contribution < -0.4 is 0 Å². The molecular weight excluding hydrogens is 202 g/mol. The fourth-order valence-electron chi connectivity index (χ4n) is 0.433. The SMILES string of the molecule is CC1(Cl)OC(=O)OC1(Cl)Cl. The van der Waals surface area contributed by atoms with Gasteiger partial charge in [-0.05, 0) is 6.92 Å². The van der Waals surface area contributed by atoms with Crippen LogP contribution in [0.4, 0.5) is 4.79 Å². The number of hydrogen-bond acceptors (Lipinski definition) is 3. The number of carbonyl (C=O) groups excluding carboxylic acids is 1. The predicted octanol–water partition coefficient (Wildman–Crippen LogP) is 2.24. The minimum absolute atomic E-state index is 0.970. The van der Waals surface area contributed by atoms with Crippen molar-refractivity contribution in [2.24, 2.45) is 0 Å². The molecule has 1 aliphatic rings. The maximum absolute atomic E-state index is 10.4. The minimum atomic E-state index is -1.80. The summed E-state index contributed by atoms with van der Waals surface area (Å²) in [5, 5.41) is -1.51. The Morgan fingerprint density at radius 3 is 1.90 bits per heavy atom. The lowest BCUT2D eigenvalue weighted by molar-refractivity contribution is 0.112. The van der Waals surface area contributed by atoms with Crippen molar-refractivity contribution < 1.29 is 14.3 Å². The first kappa shape index (κ1) is 8.24. The van der Waals surface area contributed by atoms with Gasteiger partial charge in [0.05, 0.1) is 0 Å². The zero-order chi connectivity index (χ0) is 7.99. The number of halogens is 3. The molecule has 1 unspecified atom stereocenters. The Morgan fingerprint density at radius 1 is 1.30 bits per heavy atom. The first-order valence-electron chi connectivity index (χ1n) is 2.34. The van der Waals surface area contributed by atoms with E-state index >= 15 is 0 Å². The van der Waals surface area contributed by atoms with Crippen molar-refractivity contribution in [3.05, 3.63) is 0 Å². The standard InChI is InChI=1S/C4H3Cl3O3/c1-3(5)4(6,7)10-2(8)9-3/h1H3. The zero-order valence-corrected chi connectivity index (χ0v) is 7.13. The molecule has 0 bridgehead atoms. The van der Waals surface area contributed by atoms with Gasteiger partial charge in [0.25, 0.3) is 5.06 Å². The number of cyclic esters (lactones) is 2. The second-order valence-electron chi connectivity index (χ2n) is 1.89. The van der Waals surface area contributed by atoms with Gasteiger partial charge < -0.3 is 9.47 Å². The molecule has 6 heteroatoms. The zero-order valence-electron chi connectivity index (χ0n) is 4.86. The first-order valence-corrected chi connectivity index (χ1v) is 3.47. The Kier molecular flexibility index (Phi) is 1.70. The highest BCUT2D eigenvalue weighted by molar-refractivity contribution is 6.52. The molecule has 1 aliphatic heterocycles. The lowest BCUT2D eigenvalue weighted by Gasteiger charge is -2.20. The van der Waals surface area contributed by atoms with Crippen molar-refractivity contribution in [1.82, 2.24) is 0 Å². The van der Waals surface area contributed by atoms with E-state index < -0.39 is 15.7 Å². The number of carbonyl (C=O) groups is 1. The van der Waals surface area contributed by atoms with Crippen LogP contribution in [0.5, 0.6) is 0 Å². The highest BCUT2D eigenvalue weighted by atomic mass is 35.5. The Bertz CT molecular complexity index is 159. The second kappa shape index (κ2) is 2.06. The summed E-state index contributed by atoms with van der Waals surface area (Å²) in [5.74, 6) is 0. The van der Waals surface area contributed by atoms with Gasteiger partial charge in [0.1, 0.15) is 0 Å². The van der Waals surface area contributed by atoms with Gasteiger partial charge in [0.2, 0.25) is 0 Å². The maximum atomic E-state index is 10.4. The molecular formula is C4H3Cl3O3. The molecule has 1 rings (SSSR count). The molecule has 1 fully saturated rings. The van der Waals surface area contributed by atoms with Crippen LogP contribution >= 0.6 is 34.8 Å². The Hall–Kier alpha value is 0.140. The van der Waals surface area contributed by atoms with E-state index in [4.69, 9.17) is 34.8 Å². The van der Waals surface area contributed by atoms with E-state index in [1.165, 1.54) is 6.92 Å². The molecule has 0 spiro atoms. The lowest BCUT2D eigenvalue weighted by atomic mass is 10.4. The van der Waals surface area contributed by atoms with E-state index in [1.54, 1.807) is 0 Å². The summed E-state index contributed by atoms with van der Waals surface area (Å²) >= 11 is 16.4. The van der Waals surface area contributed by atoms with Crippen LogP contribution in [-0.4, -0.2) is 15.7 Å². The molecule has 0 aromatic rings. The predicted molar refractivity (Wildman–Crippen MR) is 36.3 cm³/mol. The molecule has 3 nitrogen and oxygen atoms in total. The Morgan fingerprint density at radius 2 is 1.80 bits per heavy atom. The monoisotopic (exact) mass is 204 g/mol. The van der Waals surface area contributed by atoms with Crippen molar-refractivity contribution in [2.75, 3.05) is 0 Å². The summed E-state index contributed by atoms with van der Waals surface area (Å²) in [7, 11) is 0. The number of rotatable bonds is 0. The average molecular weight is 205 g/mol. The van der Waals surface area contributed by atoms with E-state index in [-0.39, 0.29) is 0 Å². The van der Waals surface area contributed by atoms with E-state index in [0.717, 1.165) is 0 Å². The minimum Gasteiger partial charge on any atom is -0.405 e. The molecule has 1 atom stereocenters. The third-order valence-corrected chi connectivity index (χ3v) is 2.42. The van der Waals surface area contributed by atoms with Crippen LogP contribution in [0.2, 0.25) is 0 Å². The van der Waals surface area contributed by atoms with Gasteiger partial charge in [-0.1, -0.05) is 34.8 Å². The third-order valence-electron chi connectivity index (χ3n) is 1.01. The van der Waals surface area contributed by atoms with Crippen LogP contribution in [0.1, 0.15) is 6.92 Å². The smallest absolute Gasteiger partial charge is 0.405 e. The molecule has 10 heavy (non-hydrogen) atoms. The van der Waals surface area contributed by atoms with Crippen LogP contribution in [0, 0.1) is 0 Å². The summed E-state index contributed by atoms with van der Waals surface area (Å²) in [6.07, 6.45) is -0.970. The van der Waals surface area contributed by atoms with Gasteiger partial charge in [-0.2, -0.15) is 0 Å². The second-order valence-corrected chi connectivity index (χ2v) is 3.87. The van der Waals surface area contributed by atoms with Gasteiger partial charge in [-0.15, -0.1) is 0 Å². The molecule has 0 aromatic carbocycles. The van der Waals surface area contributed by atoms with E-state index in [2.05, 4.69) is 9.47 Å². The maximum Gasteiger partial charge on any atom is 0.513 e. The molecule has 0 N–H and O–H groups in total. The fourth-order valence-corrected chi connectivity index (χ4v) is 0.737. The van der Waals surface area contributed by atoms with Gasteiger partial charge in [-0.3, -0.25) is 0 Å². The van der Waals surface area contributed by atoms with Gasteiger partial charge in [-0.25, -0.2) is 4.79 Å². The topological polar surface area (TPSA) is 35.5 Å². The largest absolute Gasteiger partial charge is 0.513 e. The van der Waals surface area contributed by atoms with E-state index in [0.29, 0.717) is 0 Å². The summed E-state index contributed by atoms with van der Waals surface area (Å²) in [6, 6.07) is 0. The normalized spacial score (nSPS) is 37.0. The molecule has 1 saturated heterocycles. The average Bonchev–Trinajstić information content (AvgIpc) is 1.73. The summed E-state index contributed by atoms with van der Waals surface area (Å²) in [4.78, 5) is 10.4. The highest BCUT2D eigenvalue weighted by Gasteiger charge is 2.58. The number of alkyl halides is 3. The summed E-state index contributed by atoms with van der Waals surface area (Å²) in [6.45, 7) is 1.33. The number of ether oxygens (including phenoxy) is 2. The molecule has 0 saturated carbocycles. The van der Waals surface area contributed by atoms with Crippen molar-refractivity contribution in [3.8, 4) is 0 Å². The van der Waals surface area contributed by atoms with Gasteiger partial charge in [0.15, 0.2) is 0 Å². The third kappa shape index (κ3) is 1.13. The van der Waals surface area contributed by atoms with Crippen LogP contribution in [-0.2, 0) is 9.47 Å². The van der Waals surface area contributed by atoms with Gasteiger partial charge in [0, 0.05) is 0 Å². The van der Waals surface area contributed by atoms with Crippen LogP contribution in [0.3, 0.4) is 0 Å². The van der Waals surface area contributed by atoms with E-state index in [1.807, 2.05) is 0 Å². The molecule has 0 aromatic heterocycles. The van der Waals surface area contributed by atoms with Crippen LogP contribution in [0.15, 0.2) is 0 Å². The quantitative estimate of drug-likeness (QED) is 0.449. The summed E-state index contributed by atoms with van der Waals surface area (Å²) < 4.78 is 6.91. The van der Waals surface area contributed by atoms with Crippen molar-refractivity contribution >= 4 is 41.0 Å². The molecule has 0 radical (unpaired) electrons. The lowest BCUT2D eigenvalue weighted by Crippen LogP contribution is -2.34. The van der Waals surface area contributed by atoms with Crippen molar-refractivity contribution in [3.63, 3.8) is 0 Å². The van der Waals surface area contributed by atoms with Crippen molar-refractivity contribution in [1.29, 1.82) is 0 Å². The fraction of sp³-hybridized carbons (Fsp3) is 0.750. The van der Waals surface area contributed by atoms with Crippen LogP contribution in [0.25, 0.3) is 0 Å². The molecule has 0 amide bonds. The molecule has 0 aliphatic carbocycles. The molecule has 1 heterocycles. The van der Waals surface area contributed by atoms with E-state index in [9.17, 15) is 4.79 Å². The highest BCUT2D eigenvalue weighted by Crippen LogP contribution is 2.46. The van der Waals surface area contributed by atoms with Crippen molar-refractivity contribution in [2.45, 2.75) is 16.5 Å². The number of hydrogen-bond donors (Lipinski definition) is 0. The first-order chi connectivity index (χ1) is 4.35.